The molecule has 2 amide bonds. The minimum Gasteiger partial charge on any atom is -0.480 e. The van der Waals surface area contributed by atoms with Crippen LogP contribution >= 0.6 is 0 Å². The quantitative estimate of drug-likeness (QED) is 0.448. The summed E-state index contributed by atoms with van der Waals surface area (Å²) in [5.74, 6) is -2.12. The molecular weight excluding hydrogens is 403 g/mol. The Hall–Kier alpha value is -3.42. The second-order valence-corrected chi connectivity index (χ2v) is 7.05. The van der Waals surface area contributed by atoms with Crippen molar-refractivity contribution in [2.75, 3.05) is 6.54 Å². The van der Waals surface area contributed by atoms with E-state index in [0.29, 0.717) is 25.8 Å². The fourth-order valence-corrected chi connectivity index (χ4v) is 2.90. The smallest absolute Gasteiger partial charge is 0.407 e. The third-order valence-electron chi connectivity index (χ3n) is 4.58. The summed E-state index contributed by atoms with van der Waals surface area (Å²) in [6, 6.07) is 14.0. The van der Waals surface area contributed by atoms with Gasteiger partial charge < -0.3 is 20.5 Å². The van der Waals surface area contributed by atoms with E-state index in [1.54, 1.807) is 6.07 Å². The Morgan fingerprint density at radius 2 is 1.68 bits per heavy atom. The predicted molar refractivity (Wildman–Crippen MR) is 113 cm³/mol. The Balaban J connectivity index is 1.58. The molecule has 3 N–H and O–H groups in total. The zero-order chi connectivity index (χ0) is 22.5. The van der Waals surface area contributed by atoms with Crippen LogP contribution in [0.4, 0.5) is 9.18 Å². The Bertz CT molecular complexity index is 860. The van der Waals surface area contributed by atoms with E-state index in [1.165, 1.54) is 18.2 Å². The minimum atomic E-state index is -1.21. The average molecular weight is 430 g/mol. The lowest BCUT2D eigenvalue weighted by Crippen LogP contribution is -2.42. The highest BCUT2D eigenvalue weighted by atomic mass is 19.1. The summed E-state index contributed by atoms with van der Waals surface area (Å²) in [6.45, 7) is 0.616. The van der Waals surface area contributed by atoms with Crippen LogP contribution in [0, 0.1) is 5.82 Å². The van der Waals surface area contributed by atoms with Crippen molar-refractivity contribution in [3.05, 3.63) is 71.5 Å². The van der Waals surface area contributed by atoms with Crippen LogP contribution in [0.5, 0.6) is 0 Å². The normalized spacial score (nSPS) is 11.4. The van der Waals surface area contributed by atoms with E-state index in [4.69, 9.17) is 4.74 Å². The number of carbonyl (C=O) groups is 3. The maximum atomic E-state index is 13.7. The monoisotopic (exact) mass is 430 g/mol. The molecule has 0 spiro atoms. The molecule has 1 atom stereocenters. The van der Waals surface area contributed by atoms with Crippen molar-refractivity contribution in [3.63, 3.8) is 0 Å². The number of carboxylic acids is 1. The Morgan fingerprint density at radius 3 is 2.39 bits per heavy atom. The van der Waals surface area contributed by atoms with Crippen LogP contribution in [-0.4, -0.2) is 35.7 Å². The van der Waals surface area contributed by atoms with Crippen LogP contribution in [0.2, 0.25) is 0 Å². The second kappa shape index (κ2) is 13.0. The van der Waals surface area contributed by atoms with Gasteiger partial charge in [-0.2, -0.15) is 0 Å². The average Bonchev–Trinajstić information content (AvgIpc) is 2.76. The van der Waals surface area contributed by atoms with Gasteiger partial charge in [-0.15, -0.1) is 0 Å². The van der Waals surface area contributed by atoms with Crippen LogP contribution in [0.1, 0.15) is 36.8 Å². The summed E-state index contributed by atoms with van der Waals surface area (Å²) < 4.78 is 18.8. The number of halogens is 1. The Morgan fingerprint density at radius 1 is 0.968 bits per heavy atom. The molecule has 0 heterocycles. The van der Waals surface area contributed by atoms with Gasteiger partial charge in [-0.25, -0.2) is 14.0 Å². The number of ether oxygens (including phenoxy) is 1. The molecular formula is C23H27FN2O5. The second-order valence-electron chi connectivity index (χ2n) is 7.05. The van der Waals surface area contributed by atoms with Gasteiger partial charge in [0.05, 0.1) is 0 Å². The number of benzene rings is 2. The number of amides is 2. The highest BCUT2D eigenvalue weighted by molar-refractivity contribution is 5.83. The number of hydrogen-bond donors (Lipinski definition) is 3. The molecule has 0 aliphatic rings. The minimum absolute atomic E-state index is 0.122. The number of unbranched alkanes of at least 4 members (excludes halogenated alkanes) is 2. The fraction of sp³-hybridized carbons (Fsp3) is 0.348. The Labute approximate surface area is 180 Å². The maximum Gasteiger partial charge on any atom is 0.407 e. The first-order valence-corrected chi connectivity index (χ1v) is 10.2. The molecule has 0 fully saturated rings. The summed E-state index contributed by atoms with van der Waals surface area (Å²) in [4.78, 5) is 35.1. The molecule has 2 aromatic rings. The third-order valence-corrected chi connectivity index (χ3v) is 4.58. The molecule has 0 saturated heterocycles. The molecule has 0 aromatic heterocycles. The first-order valence-electron chi connectivity index (χ1n) is 10.2. The molecule has 0 aliphatic heterocycles. The van der Waals surface area contributed by atoms with E-state index in [9.17, 15) is 23.9 Å². The van der Waals surface area contributed by atoms with Gasteiger partial charge in [-0.3, -0.25) is 4.79 Å². The first-order chi connectivity index (χ1) is 15.0. The fourth-order valence-electron chi connectivity index (χ4n) is 2.90. The Kier molecular flexibility index (Phi) is 10.0. The highest BCUT2D eigenvalue weighted by Crippen LogP contribution is 2.10. The van der Waals surface area contributed by atoms with Gasteiger partial charge in [-0.1, -0.05) is 55.0 Å². The van der Waals surface area contributed by atoms with Gasteiger partial charge in [0.1, 0.15) is 18.5 Å². The van der Waals surface area contributed by atoms with Crippen molar-refractivity contribution in [1.82, 2.24) is 10.6 Å². The summed E-state index contributed by atoms with van der Waals surface area (Å²) in [7, 11) is 0. The van der Waals surface area contributed by atoms with E-state index >= 15 is 0 Å². The molecule has 0 aliphatic carbocycles. The molecule has 166 valence electrons. The van der Waals surface area contributed by atoms with E-state index in [0.717, 1.165) is 5.56 Å². The van der Waals surface area contributed by atoms with Crippen molar-refractivity contribution in [3.8, 4) is 0 Å². The number of rotatable bonds is 12. The largest absolute Gasteiger partial charge is 0.480 e. The van der Waals surface area contributed by atoms with E-state index in [-0.39, 0.29) is 25.0 Å². The molecule has 7 nitrogen and oxygen atoms in total. The van der Waals surface area contributed by atoms with E-state index in [1.807, 2.05) is 30.3 Å². The topological polar surface area (TPSA) is 105 Å². The zero-order valence-electron chi connectivity index (χ0n) is 17.2. The number of carbonyl (C=O) groups excluding carboxylic acids is 2. The van der Waals surface area contributed by atoms with Crippen molar-refractivity contribution in [2.45, 2.75) is 44.8 Å². The summed E-state index contributed by atoms with van der Waals surface area (Å²) in [5, 5.41) is 14.4. The van der Waals surface area contributed by atoms with Crippen LogP contribution in [-0.2, 0) is 27.4 Å². The lowest BCUT2D eigenvalue weighted by molar-refractivity contribution is -0.141. The van der Waals surface area contributed by atoms with Gasteiger partial charge in [0, 0.05) is 19.4 Å². The first kappa shape index (κ1) is 23.9. The van der Waals surface area contributed by atoms with Crippen molar-refractivity contribution >= 4 is 18.0 Å². The molecule has 31 heavy (non-hydrogen) atoms. The van der Waals surface area contributed by atoms with Gasteiger partial charge in [0.15, 0.2) is 0 Å². The van der Waals surface area contributed by atoms with Crippen LogP contribution in [0.3, 0.4) is 0 Å². The summed E-state index contributed by atoms with van der Waals surface area (Å²) in [5.41, 5.74) is 1.14. The number of hydrogen-bond acceptors (Lipinski definition) is 4. The van der Waals surface area contributed by atoms with Gasteiger partial charge in [0.2, 0.25) is 5.91 Å². The van der Waals surface area contributed by atoms with Crippen molar-refractivity contribution in [2.24, 2.45) is 0 Å². The summed E-state index contributed by atoms with van der Waals surface area (Å²) in [6.07, 6.45) is 1.41. The predicted octanol–water partition coefficient (Wildman–Crippen LogP) is 3.42. The SMILES string of the molecule is O=C(CCCCCNC(=O)OCc1ccccc1)N[C@H](Cc1ccccc1F)C(=O)O. The molecule has 2 aromatic carbocycles. The van der Waals surface area contributed by atoms with Crippen LogP contribution in [0.25, 0.3) is 0 Å². The number of carboxylic acid groups (broad SMARTS) is 1. The number of nitrogens with one attached hydrogen (secondary N) is 2. The molecule has 2 rings (SSSR count). The van der Waals surface area contributed by atoms with Crippen molar-refractivity contribution < 1.29 is 28.6 Å². The van der Waals surface area contributed by atoms with E-state index < -0.39 is 29.8 Å². The van der Waals surface area contributed by atoms with Crippen LogP contribution in [0.15, 0.2) is 54.6 Å². The number of aliphatic carboxylic acids is 1. The number of alkyl carbamates (subject to hydrolysis) is 1. The van der Waals surface area contributed by atoms with Crippen LogP contribution < -0.4 is 10.6 Å². The lowest BCUT2D eigenvalue weighted by Gasteiger charge is -2.15. The van der Waals surface area contributed by atoms with Gasteiger partial charge in [0.25, 0.3) is 0 Å². The summed E-state index contributed by atoms with van der Waals surface area (Å²) >= 11 is 0. The molecule has 0 radical (unpaired) electrons. The molecule has 8 heteroatoms. The highest BCUT2D eigenvalue weighted by Gasteiger charge is 2.21. The van der Waals surface area contributed by atoms with Crippen molar-refractivity contribution in [1.29, 1.82) is 0 Å². The van der Waals surface area contributed by atoms with E-state index in [2.05, 4.69) is 10.6 Å². The third kappa shape index (κ3) is 9.29. The zero-order valence-corrected chi connectivity index (χ0v) is 17.2. The van der Waals surface area contributed by atoms with Gasteiger partial charge in [-0.05, 0) is 30.0 Å². The lowest BCUT2D eigenvalue weighted by atomic mass is 10.0. The maximum absolute atomic E-state index is 13.7. The molecule has 0 bridgehead atoms. The van der Waals surface area contributed by atoms with Gasteiger partial charge >= 0.3 is 12.1 Å². The standard InChI is InChI=1S/C23H27FN2O5/c24-19-12-7-6-11-18(19)15-20(22(28)29)26-21(27)13-5-2-8-14-25-23(30)31-16-17-9-3-1-4-10-17/h1,3-4,6-7,9-12,20H,2,5,8,13-16H2,(H,25,30)(H,26,27)(H,28,29)/t20-/m1/s1. The molecule has 0 unspecified atom stereocenters. The molecule has 0 saturated carbocycles.